The Balaban J connectivity index is 1.59. The van der Waals surface area contributed by atoms with Crippen molar-refractivity contribution in [3.05, 3.63) is 29.7 Å². The number of nitrogens with zero attached hydrogens (tertiary/aromatic N) is 2. The van der Waals surface area contributed by atoms with Crippen molar-refractivity contribution < 1.29 is 35.7 Å². The van der Waals surface area contributed by atoms with Crippen LogP contribution in [0.5, 0.6) is 5.75 Å². The van der Waals surface area contributed by atoms with E-state index in [0.29, 0.717) is 6.42 Å². The van der Waals surface area contributed by atoms with E-state index >= 15 is 0 Å². The molecule has 2 saturated heterocycles. The molecule has 0 aliphatic carbocycles. The molecule has 31 heavy (non-hydrogen) atoms. The number of hydrogen-bond donors (Lipinski definition) is 2. The van der Waals surface area contributed by atoms with Gasteiger partial charge in [-0.1, -0.05) is 18.1 Å². The average molecular weight is 447 g/mol. The fourth-order valence-electron chi connectivity index (χ4n) is 4.41. The van der Waals surface area contributed by atoms with Crippen molar-refractivity contribution in [2.24, 2.45) is 5.73 Å². The summed E-state index contributed by atoms with van der Waals surface area (Å²) in [7, 11) is 0. The first-order chi connectivity index (χ1) is 17.1. The molecule has 2 amide bonds. The summed E-state index contributed by atoms with van der Waals surface area (Å²) in [6.45, 7) is -2.08. The van der Waals surface area contributed by atoms with E-state index < -0.39 is 85.9 Å². The van der Waals surface area contributed by atoms with Crippen LogP contribution in [-0.2, 0) is 9.59 Å². The van der Waals surface area contributed by atoms with Crippen LogP contribution in [-0.4, -0.2) is 72.2 Å². The Labute approximate surface area is 187 Å². The van der Waals surface area contributed by atoms with Crippen molar-refractivity contribution in [2.45, 2.75) is 56.0 Å². The highest BCUT2D eigenvalue weighted by molar-refractivity contribution is 5.91. The molecule has 4 atom stereocenters. The highest BCUT2D eigenvalue weighted by Crippen LogP contribution is 2.34. The number of alkyl halides is 3. The van der Waals surface area contributed by atoms with Gasteiger partial charge in [0.1, 0.15) is 11.8 Å². The lowest BCUT2D eigenvalue weighted by atomic mass is 10.00. The van der Waals surface area contributed by atoms with Crippen molar-refractivity contribution in [2.75, 3.05) is 26.2 Å². The Hall–Kier alpha value is -2.33. The molecule has 3 heterocycles. The number of rotatable bonds is 3. The SMILES string of the molecule is [2H]c1c([2H])c([2H])c2c(c1[2H])OCC([2H])([2H])[C@H]2NC(=O)[C@@H]1CC[C@@H]2CCN(CC(F)(F)F)C[C@H](N)C(=O)N21. The number of hydrogen-bond acceptors (Lipinski definition) is 5. The molecule has 0 saturated carbocycles. The van der Waals surface area contributed by atoms with Gasteiger partial charge in [0, 0.05) is 33.8 Å². The van der Waals surface area contributed by atoms with Crippen LogP contribution in [0.15, 0.2) is 24.2 Å². The van der Waals surface area contributed by atoms with Crippen molar-refractivity contribution in [1.29, 1.82) is 0 Å². The number of fused-ring (bicyclic) bond motifs is 2. The highest BCUT2D eigenvalue weighted by Gasteiger charge is 2.45. The van der Waals surface area contributed by atoms with E-state index in [1.165, 1.54) is 4.90 Å². The third-order valence-corrected chi connectivity index (χ3v) is 5.77. The second-order valence-electron chi connectivity index (χ2n) is 7.92. The maximum atomic E-state index is 13.4. The van der Waals surface area contributed by atoms with E-state index in [0.717, 1.165) is 4.90 Å². The zero-order chi connectivity index (χ0) is 27.4. The number of carbonyl (C=O) groups excluding carboxylic acids is 2. The minimum atomic E-state index is -4.45. The molecule has 7 nitrogen and oxygen atoms in total. The van der Waals surface area contributed by atoms with E-state index in [1.807, 2.05) is 0 Å². The second kappa shape index (κ2) is 8.66. The van der Waals surface area contributed by atoms with Crippen LogP contribution in [0.25, 0.3) is 0 Å². The molecule has 0 radical (unpaired) electrons. The predicted molar refractivity (Wildman–Crippen MR) is 106 cm³/mol. The summed E-state index contributed by atoms with van der Waals surface area (Å²) in [6.07, 6.45) is -5.97. The molecular weight excluding hydrogens is 413 g/mol. The lowest BCUT2D eigenvalue weighted by molar-refractivity contribution is -0.153. The molecule has 0 unspecified atom stereocenters. The lowest BCUT2D eigenvalue weighted by Gasteiger charge is -2.38. The van der Waals surface area contributed by atoms with Crippen LogP contribution >= 0.6 is 0 Å². The highest BCUT2D eigenvalue weighted by atomic mass is 19.4. The summed E-state index contributed by atoms with van der Waals surface area (Å²) in [4.78, 5) is 28.9. The van der Waals surface area contributed by atoms with Crippen LogP contribution in [0.2, 0.25) is 0 Å². The van der Waals surface area contributed by atoms with Gasteiger partial charge in [-0.15, -0.1) is 0 Å². The smallest absolute Gasteiger partial charge is 0.401 e. The average Bonchev–Trinajstić information content (AvgIpc) is 3.22. The number of benzene rings is 1. The third kappa shape index (κ3) is 4.79. The van der Waals surface area contributed by atoms with Gasteiger partial charge < -0.3 is 20.7 Å². The monoisotopic (exact) mass is 446 g/mol. The number of amides is 2. The molecular formula is C21H27F3N4O3. The Morgan fingerprint density at radius 1 is 1.32 bits per heavy atom. The van der Waals surface area contributed by atoms with Crippen molar-refractivity contribution in [1.82, 2.24) is 15.1 Å². The van der Waals surface area contributed by atoms with Crippen LogP contribution in [0.1, 0.15) is 45.5 Å². The van der Waals surface area contributed by atoms with Crippen molar-refractivity contribution >= 4 is 11.8 Å². The molecule has 3 N–H and O–H groups in total. The summed E-state index contributed by atoms with van der Waals surface area (Å²) >= 11 is 0. The van der Waals surface area contributed by atoms with Gasteiger partial charge in [-0.2, -0.15) is 13.2 Å². The number of para-hydroxylation sites is 1. The predicted octanol–water partition coefficient (Wildman–Crippen LogP) is 1.58. The number of nitrogens with two attached hydrogens (primary N) is 1. The summed E-state index contributed by atoms with van der Waals surface area (Å²) in [5, 5.41) is 2.53. The van der Waals surface area contributed by atoms with Gasteiger partial charge in [0.15, 0.2) is 0 Å². The number of carbonyl (C=O) groups is 2. The topological polar surface area (TPSA) is 87.9 Å². The minimum Gasteiger partial charge on any atom is -0.493 e. The maximum Gasteiger partial charge on any atom is 0.401 e. The largest absolute Gasteiger partial charge is 0.493 e. The van der Waals surface area contributed by atoms with Gasteiger partial charge in [0.05, 0.1) is 30.7 Å². The van der Waals surface area contributed by atoms with Gasteiger partial charge in [0.2, 0.25) is 11.8 Å². The van der Waals surface area contributed by atoms with E-state index in [4.69, 9.17) is 18.7 Å². The quantitative estimate of drug-likeness (QED) is 0.736. The fraction of sp³-hybridized carbons (Fsp3) is 0.619. The van der Waals surface area contributed by atoms with Gasteiger partial charge in [-0.25, -0.2) is 0 Å². The first kappa shape index (κ1) is 15.5. The van der Waals surface area contributed by atoms with Crippen LogP contribution in [0.4, 0.5) is 13.2 Å². The standard InChI is InChI=1S/C21H27F3N4O3/c22-21(23,24)12-27-9-7-13-5-6-17(28(13)20(30)15(25)11-27)19(29)26-16-8-10-31-18-4-2-1-3-14(16)18/h1-4,13,15-17H,5-12,25H2,(H,26,29)/t13-,15+,16-,17+/m1/s1/i1D,2D,3D,4D,8D2. The number of ether oxygens (including phenoxy) is 1. The third-order valence-electron chi connectivity index (χ3n) is 5.77. The van der Waals surface area contributed by atoms with Gasteiger partial charge in [0.25, 0.3) is 0 Å². The van der Waals surface area contributed by atoms with Gasteiger partial charge in [-0.3, -0.25) is 14.5 Å². The minimum absolute atomic E-state index is 0.0299. The molecule has 3 aliphatic rings. The van der Waals surface area contributed by atoms with Gasteiger partial charge in [-0.05, 0) is 25.3 Å². The van der Waals surface area contributed by atoms with Crippen LogP contribution < -0.4 is 15.8 Å². The molecule has 1 aromatic carbocycles. The van der Waals surface area contributed by atoms with E-state index in [2.05, 4.69) is 5.32 Å². The van der Waals surface area contributed by atoms with E-state index in [1.54, 1.807) is 0 Å². The summed E-state index contributed by atoms with van der Waals surface area (Å²) in [6, 6.07) is -6.60. The van der Waals surface area contributed by atoms with E-state index in [9.17, 15) is 22.8 Å². The Kier molecular flexibility index (Phi) is 4.32. The molecule has 3 aliphatic heterocycles. The molecule has 10 heteroatoms. The Bertz CT molecular complexity index is 1110. The zero-order valence-electron chi connectivity index (χ0n) is 22.6. The summed E-state index contributed by atoms with van der Waals surface area (Å²) in [5.74, 6) is -1.68. The Morgan fingerprint density at radius 3 is 2.87 bits per heavy atom. The molecule has 0 aromatic heterocycles. The normalized spacial score (nSPS) is 33.8. The van der Waals surface area contributed by atoms with Gasteiger partial charge >= 0.3 is 6.18 Å². The Morgan fingerprint density at radius 2 is 2.10 bits per heavy atom. The number of nitrogens with one attached hydrogen (secondary N) is 1. The van der Waals surface area contributed by atoms with Crippen molar-refractivity contribution in [3.63, 3.8) is 0 Å². The first-order valence-electron chi connectivity index (χ1n) is 13.0. The fourth-order valence-corrected chi connectivity index (χ4v) is 4.41. The lowest BCUT2D eigenvalue weighted by Crippen LogP contribution is -2.59. The summed E-state index contributed by atoms with van der Waals surface area (Å²) < 4.78 is 92.9. The van der Waals surface area contributed by atoms with E-state index in [-0.39, 0.29) is 37.2 Å². The zero-order valence-corrected chi connectivity index (χ0v) is 16.6. The molecule has 4 rings (SSSR count). The van der Waals surface area contributed by atoms with Crippen LogP contribution in [0, 0.1) is 0 Å². The second-order valence-corrected chi connectivity index (χ2v) is 7.92. The maximum absolute atomic E-state index is 13.4. The van der Waals surface area contributed by atoms with Crippen molar-refractivity contribution in [3.8, 4) is 5.75 Å². The number of halogens is 3. The summed E-state index contributed by atoms with van der Waals surface area (Å²) in [5.41, 5.74) is 5.71. The molecule has 0 spiro atoms. The first-order valence-corrected chi connectivity index (χ1v) is 10.0. The molecule has 2 fully saturated rings. The molecule has 0 bridgehead atoms. The molecule has 1 aromatic rings. The molecule has 170 valence electrons. The van der Waals surface area contributed by atoms with Crippen LogP contribution in [0.3, 0.4) is 0 Å².